The van der Waals surface area contributed by atoms with Gasteiger partial charge in [0.15, 0.2) is 5.16 Å². The fraction of sp³-hybridized carbons (Fsp3) is 0.357. The molecule has 110 valence electrons. The molecule has 0 fully saturated rings. The second kappa shape index (κ2) is 6.17. The molecule has 0 spiro atoms. The number of aromatic nitrogens is 5. The molecule has 21 heavy (non-hydrogen) atoms. The zero-order valence-electron chi connectivity index (χ0n) is 11.8. The summed E-state index contributed by atoms with van der Waals surface area (Å²) >= 11 is 1.53. The quantitative estimate of drug-likeness (QED) is 0.710. The summed E-state index contributed by atoms with van der Waals surface area (Å²) in [5.74, 6) is 0.693. The topological polar surface area (TPSA) is 68.0 Å². The molecular weight excluding hydrogens is 286 g/mol. The Labute approximate surface area is 126 Å². The van der Waals surface area contributed by atoms with Gasteiger partial charge in [-0.3, -0.25) is 4.57 Å². The molecule has 0 aliphatic carbocycles. The molecule has 0 saturated heterocycles. The summed E-state index contributed by atoms with van der Waals surface area (Å²) in [4.78, 5) is 16.3. The van der Waals surface area contributed by atoms with E-state index >= 15 is 0 Å². The van der Waals surface area contributed by atoms with Crippen LogP contribution < -0.4 is 5.69 Å². The Hall–Kier alpha value is -2.02. The van der Waals surface area contributed by atoms with Crippen LogP contribution in [-0.2, 0) is 12.3 Å². The molecule has 0 bridgehead atoms. The van der Waals surface area contributed by atoms with E-state index in [9.17, 15) is 4.79 Å². The molecule has 6 nitrogen and oxygen atoms in total. The summed E-state index contributed by atoms with van der Waals surface area (Å²) in [6.45, 7) is 2.81. The molecule has 0 saturated carbocycles. The number of rotatable bonds is 6. The Bertz CT molecular complexity index is 755. The molecule has 0 aliphatic heterocycles. The van der Waals surface area contributed by atoms with Gasteiger partial charge >= 0.3 is 5.69 Å². The molecule has 0 atom stereocenters. The number of hydrogen-bond acceptors (Lipinski definition) is 4. The number of nitrogens with zero attached hydrogens (tertiary/aromatic N) is 4. The molecule has 3 aromatic heterocycles. The van der Waals surface area contributed by atoms with Gasteiger partial charge in [0, 0.05) is 24.7 Å². The van der Waals surface area contributed by atoms with Gasteiger partial charge in [-0.1, -0.05) is 31.2 Å². The van der Waals surface area contributed by atoms with E-state index in [2.05, 4.69) is 22.1 Å². The molecule has 0 aromatic carbocycles. The number of nitrogens with one attached hydrogen (secondary N) is 1. The Kier molecular flexibility index (Phi) is 4.10. The van der Waals surface area contributed by atoms with Crippen molar-refractivity contribution in [2.75, 3.05) is 0 Å². The molecule has 7 heteroatoms. The first kappa shape index (κ1) is 13.9. The lowest BCUT2D eigenvalue weighted by Gasteiger charge is -2.02. The Morgan fingerprint density at radius 3 is 3.10 bits per heavy atom. The fourth-order valence-corrected chi connectivity index (χ4v) is 2.98. The van der Waals surface area contributed by atoms with Crippen molar-refractivity contribution in [2.24, 2.45) is 0 Å². The minimum absolute atomic E-state index is 0.138. The number of imidazole rings is 1. The molecule has 0 aliphatic rings. The molecule has 0 unspecified atom stereocenters. The van der Waals surface area contributed by atoms with E-state index in [0.29, 0.717) is 12.3 Å². The maximum atomic E-state index is 11.7. The lowest BCUT2D eigenvalue weighted by atomic mass is 10.3. The zero-order valence-corrected chi connectivity index (χ0v) is 12.6. The number of hydrogen-bond donors (Lipinski definition) is 1. The third-order valence-corrected chi connectivity index (χ3v) is 4.23. The third kappa shape index (κ3) is 3.02. The van der Waals surface area contributed by atoms with E-state index in [1.165, 1.54) is 11.8 Å². The van der Waals surface area contributed by atoms with Crippen LogP contribution in [0.3, 0.4) is 0 Å². The third-order valence-electron chi connectivity index (χ3n) is 3.22. The molecular formula is C14H17N5OS. The van der Waals surface area contributed by atoms with Crippen LogP contribution in [-0.4, -0.2) is 24.1 Å². The number of pyridine rings is 1. The van der Waals surface area contributed by atoms with Crippen LogP contribution in [0.5, 0.6) is 0 Å². The molecule has 3 heterocycles. The smallest absolute Gasteiger partial charge is 0.307 e. The minimum atomic E-state index is -0.138. The maximum absolute atomic E-state index is 11.7. The van der Waals surface area contributed by atoms with Gasteiger partial charge in [-0.25, -0.2) is 14.9 Å². The lowest BCUT2D eigenvalue weighted by molar-refractivity contribution is 0.573. The highest BCUT2D eigenvalue weighted by Gasteiger charge is 2.10. The second-order valence-electron chi connectivity index (χ2n) is 4.80. The lowest BCUT2D eigenvalue weighted by Crippen LogP contribution is -2.17. The van der Waals surface area contributed by atoms with Crippen molar-refractivity contribution in [1.29, 1.82) is 0 Å². The average molecular weight is 303 g/mol. The fourth-order valence-electron chi connectivity index (χ4n) is 2.12. The SMILES string of the molecule is CCCCn1c(SCc2cn3ccccc3n2)n[nH]c1=O. The standard InChI is InChI=1S/C14H17N5OS/c1-2-3-8-19-13(20)16-17-14(19)21-10-11-9-18-7-5-4-6-12(18)15-11/h4-7,9H,2-3,8,10H2,1H3,(H,16,20). The summed E-state index contributed by atoms with van der Waals surface area (Å²) in [5, 5.41) is 7.34. The highest BCUT2D eigenvalue weighted by Crippen LogP contribution is 2.19. The monoisotopic (exact) mass is 303 g/mol. The van der Waals surface area contributed by atoms with Crippen LogP contribution in [0.25, 0.3) is 5.65 Å². The van der Waals surface area contributed by atoms with Crippen molar-refractivity contribution in [3.63, 3.8) is 0 Å². The van der Waals surface area contributed by atoms with Gasteiger partial charge in [-0.15, -0.1) is 5.10 Å². The number of thioether (sulfide) groups is 1. The number of aromatic amines is 1. The van der Waals surface area contributed by atoms with E-state index < -0.39 is 0 Å². The van der Waals surface area contributed by atoms with Crippen LogP contribution in [0.15, 0.2) is 40.5 Å². The first-order valence-electron chi connectivity index (χ1n) is 6.98. The summed E-state index contributed by atoms with van der Waals surface area (Å²) in [6, 6.07) is 5.91. The van der Waals surface area contributed by atoms with Crippen LogP contribution in [0.1, 0.15) is 25.5 Å². The van der Waals surface area contributed by atoms with Crippen molar-refractivity contribution in [3.8, 4) is 0 Å². The zero-order chi connectivity index (χ0) is 14.7. The van der Waals surface area contributed by atoms with Crippen molar-refractivity contribution in [2.45, 2.75) is 37.2 Å². The van der Waals surface area contributed by atoms with Crippen LogP contribution in [0, 0.1) is 0 Å². The number of H-pyrrole nitrogens is 1. The number of unbranched alkanes of at least 4 members (excludes halogenated alkanes) is 1. The normalized spacial score (nSPS) is 11.3. The predicted octanol–water partition coefficient (Wildman–Crippen LogP) is 2.31. The minimum Gasteiger partial charge on any atom is -0.307 e. The Balaban J connectivity index is 1.74. The summed E-state index contributed by atoms with van der Waals surface area (Å²) < 4.78 is 3.69. The van der Waals surface area contributed by atoms with Crippen LogP contribution in [0.4, 0.5) is 0 Å². The summed E-state index contributed by atoms with van der Waals surface area (Å²) in [7, 11) is 0. The van der Waals surface area contributed by atoms with E-state index in [0.717, 1.165) is 29.3 Å². The van der Waals surface area contributed by atoms with Gasteiger partial charge in [-0.05, 0) is 18.6 Å². The van der Waals surface area contributed by atoms with Gasteiger partial charge in [-0.2, -0.15) is 0 Å². The largest absolute Gasteiger partial charge is 0.343 e. The van der Waals surface area contributed by atoms with Gasteiger partial charge < -0.3 is 4.40 Å². The Morgan fingerprint density at radius 2 is 2.29 bits per heavy atom. The molecule has 0 amide bonds. The van der Waals surface area contributed by atoms with Crippen molar-refractivity contribution in [3.05, 3.63) is 46.8 Å². The summed E-state index contributed by atoms with van der Waals surface area (Å²) in [5.41, 5.74) is 1.77. The van der Waals surface area contributed by atoms with Gasteiger partial charge in [0.1, 0.15) is 5.65 Å². The van der Waals surface area contributed by atoms with Crippen molar-refractivity contribution >= 4 is 17.4 Å². The molecule has 3 rings (SSSR count). The first-order chi connectivity index (χ1) is 10.3. The van der Waals surface area contributed by atoms with Gasteiger partial charge in [0.25, 0.3) is 0 Å². The number of fused-ring (bicyclic) bond motifs is 1. The van der Waals surface area contributed by atoms with Crippen LogP contribution >= 0.6 is 11.8 Å². The summed E-state index contributed by atoms with van der Waals surface area (Å²) in [6.07, 6.45) is 6.00. The van der Waals surface area contributed by atoms with E-state index in [-0.39, 0.29) is 5.69 Å². The van der Waals surface area contributed by atoms with Gasteiger partial charge in [0.05, 0.1) is 5.69 Å². The molecule has 3 aromatic rings. The van der Waals surface area contributed by atoms with E-state index in [4.69, 9.17) is 0 Å². The molecule has 0 radical (unpaired) electrons. The predicted molar refractivity (Wildman–Crippen MR) is 82.5 cm³/mol. The van der Waals surface area contributed by atoms with Crippen molar-refractivity contribution in [1.82, 2.24) is 24.1 Å². The first-order valence-corrected chi connectivity index (χ1v) is 7.97. The van der Waals surface area contributed by atoms with E-state index in [1.807, 2.05) is 35.0 Å². The maximum Gasteiger partial charge on any atom is 0.343 e. The van der Waals surface area contributed by atoms with Crippen LogP contribution in [0.2, 0.25) is 0 Å². The Morgan fingerprint density at radius 1 is 1.38 bits per heavy atom. The molecule has 1 N–H and O–H groups in total. The highest BCUT2D eigenvalue weighted by molar-refractivity contribution is 7.98. The van der Waals surface area contributed by atoms with Crippen molar-refractivity contribution < 1.29 is 0 Å². The highest BCUT2D eigenvalue weighted by atomic mass is 32.2. The average Bonchev–Trinajstić information content (AvgIpc) is 3.06. The van der Waals surface area contributed by atoms with E-state index in [1.54, 1.807) is 4.57 Å². The second-order valence-corrected chi connectivity index (χ2v) is 5.75. The van der Waals surface area contributed by atoms with Gasteiger partial charge in [0.2, 0.25) is 0 Å².